The summed E-state index contributed by atoms with van der Waals surface area (Å²) < 4.78 is 0. The van der Waals surface area contributed by atoms with E-state index in [1.165, 1.54) is 67.7 Å². The van der Waals surface area contributed by atoms with Crippen LogP contribution in [0.5, 0.6) is 0 Å². The molecule has 3 fully saturated rings. The highest BCUT2D eigenvalue weighted by Crippen LogP contribution is 2.67. The van der Waals surface area contributed by atoms with Crippen molar-refractivity contribution in [1.29, 1.82) is 0 Å². The molecule has 0 radical (unpaired) electrons. The molecule has 158 valence electrons. The van der Waals surface area contributed by atoms with Gasteiger partial charge in [-0.05, 0) is 114 Å². The molecule has 1 heterocycles. The van der Waals surface area contributed by atoms with Gasteiger partial charge < -0.3 is 0 Å². The van der Waals surface area contributed by atoms with Crippen molar-refractivity contribution in [1.82, 2.24) is 4.98 Å². The van der Waals surface area contributed by atoms with E-state index < -0.39 is 0 Å². The van der Waals surface area contributed by atoms with Crippen molar-refractivity contribution in [3.63, 3.8) is 0 Å². The lowest BCUT2D eigenvalue weighted by Gasteiger charge is -2.61. The smallest absolute Gasteiger partial charge is 0.0346 e. The van der Waals surface area contributed by atoms with Crippen LogP contribution >= 0.6 is 0 Å². The SMILES string of the molecule is C[C@H]1CC[C@@]2(C)[C@@H](CC[C@@H]3[C@@H]2CC[C@]2(C)C(c4ccc5ccncc5c4)=CC[C@@H]32)C1. The predicted molar refractivity (Wildman–Crippen MR) is 126 cm³/mol. The maximum atomic E-state index is 4.37. The maximum Gasteiger partial charge on any atom is 0.0346 e. The van der Waals surface area contributed by atoms with Crippen molar-refractivity contribution in [3.8, 4) is 0 Å². The number of allylic oxidation sites excluding steroid dienone is 2. The van der Waals surface area contributed by atoms with Crippen molar-refractivity contribution >= 4 is 16.3 Å². The van der Waals surface area contributed by atoms with Gasteiger partial charge in [0.2, 0.25) is 0 Å². The van der Waals surface area contributed by atoms with Gasteiger partial charge in [0, 0.05) is 17.8 Å². The van der Waals surface area contributed by atoms with Crippen molar-refractivity contribution < 1.29 is 0 Å². The molecule has 3 saturated carbocycles. The van der Waals surface area contributed by atoms with Gasteiger partial charge >= 0.3 is 0 Å². The normalized spacial score (nSPS) is 42.9. The molecule has 1 heteroatoms. The van der Waals surface area contributed by atoms with Crippen LogP contribution in [0.4, 0.5) is 0 Å². The molecule has 0 saturated heterocycles. The summed E-state index contributed by atoms with van der Waals surface area (Å²) in [6, 6.07) is 9.19. The van der Waals surface area contributed by atoms with E-state index in [2.05, 4.69) is 56.1 Å². The molecule has 0 spiro atoms. The first-order chi connectivity index (χ1) is 14.5. The minimum Gasteiger partial charge on any atom is -0.264 e. The molecule has 4 aliphatic carbocycles. The van der Waals surface area contributed by atoms with Gasteiger partial charge in [-0.2, -0.15) is 0 Å². The molecule has 1 aromatic carbocycles. The molecule has 1 aromatic heterocycles. The lowest BCUT2D eigenvalue weighted by atomic mass is 9.44. The van der Waals surface area contributed by atoms with Gasteiger partial charge in [-0.15, -0.1) is 0 Å². The minimum absolute atomic E-state index is 0.363. The number of nitrogens with zero attached hydrogens (tertiary/aromatic N) is 1. The Morgan fingerprint density at radius 3 is 2.73 bits per heavy atom. The predicted octanol–water partition coefficient (Wildman–Crippen LogP) is 7.91. The van der Waals surface area contributed by atoms with E-state index in [0.717, 1.165) is 29.6 Å². The molecule has 0 aliphatic heterocycles. The Bertz CT molecular complexity index is 1000. The molecule has 30 heavy (non-hydrogen) atoms. The summed E-state index contributed by atoms with van der Waals surface area (Å²) in [7, 11) is 0. The summed E-state index contributed by atoms with van der Waals surface area (Å²) in [5.74, 6) is 4.71. The Hall–Kier alpha value is -1.63. The van der Waals surface area contributed by atoms with Crippen LogP contribution in [0.1, 0.15) is 77.7 Å². The second-order valence-corrected chi connectivity index (χ2v) is 11.8. The molecule has 6 rings (SSSR count). The summed E-state index contributed by atoms with van der Waals surface area (Å²) in [5.41, 5.74) is 4.07. The third-order valence-corrected chi connectivity index (χ3v) is 10.5. The first-order valence-corrected chi connectivity index (χ1v) is 12.5. The van der Waals surface area contributed by atoms with E-state index in [0.29, 0.717) is 10.8 Å². The van der Waals surface area contributed by atoms with Crippen molar-refractivity contribution in [2.45, 2.75) is 72.1 Å². The Morgan fingerprint density at radius 1 is 0.933 bits per heavy atom. The van der Waals surface area contributed by atoms with Gasteiger partial charge in [0.05, 0.1) is 0 Å². The molecule has 4 aliphatic rings. The Morgan fingerprint density at radius 2 is 1.83 bits per heavy atom. The highest BCUT2D eigenvalue weighted by Gasteiger charge is 2.58. The number of aromatic nitrogens is 1. The van der Waals surface area contributed by atoms with Crippen LogP contribution < -0.4 is 0 Å². The van der Waals surface area contributed by atoms with Crippen LogP contribution in [0.25, 0.3) is 16.3 Å². The molecule has 7 atom stereocenters. The average Bonchev–Trinajstić information content (AvgIpc) is 3.11. The van der Waals surface area contributed by atoms with Gasteiger partial charge in [0.25, 0.3) is 0 Å². The number of hydrogen-bond donors (Lipinski definition) is 0. The number of benzene rings is 1. The number of pyridine rings is 1. The monoisotopic (exact) mass is 399 g/mol. The first-order valence-electron chi connectivity index (χ1n) is 12.5. The zero-order chi connectivity index (χ0) is 20.5. The molecule has 2 aromatic rings. The lowest BCUT2D eigenvalue weighted by Crippen LogP contribution is -2.52. The molecule has 0 unspecified atom stereocenters. The van der Waals surface area contributed by atoms with E-state index >= 15 is 0 Å². The number of hydrogen-bond acceptors (Lipinski definition) is 1. The Labute approximate surface area is 182 Å². The topological polar surface area (TPSA) is 12.9 Å². The highest BCUT2D eigenvalue weighted by molar-refractivity contribution is 5.86. The molecular formula is C29H37N. The van der Waals surface area contributed by atoms with Crippen LogP contribution in [0, 0.1) is 40.4 Å². The molecular weight excluding hydrogens is 362 g/mol. The molecule has 1 nitrogen and oxygen atoms in total. The van der Waals surface area contributed by atoms with Crippen LogP contribution in [0.3, 0.4) is 0 Å². The third kappa shape index (κ3) is 2.63. The zero-order valence-electron chi connectivity index (χ0n) is 19.0. The van der Waals surface area contributed by atoms with Gasteiger partial charge in [0.1, 0.15) is 0 Å². The van der Waals surface area contributed by atoms with Crippen LogP contribution in [-0.2, 0) is 0 Å². The first kappa shape index (κ1) is 19.1. The van der Waals surface area contributed by atoms with E-state index in [-0.39, 0.29) is 0 Å². The summed E-state index contributed by atoms with van der Waals surface area (Å²) in [6.45, 7) is 7.80. The minimum atomic E-state index is 0.363. The van der Waals surface area contributed by atoms with E-state index in [9.17, 15) is 0 Å². The lowest BCUT2D eigenvalue weighted by molar-refractivity contribution is -0.103. The van der Waals surface area contributed by atoms with Gasteiger partial charge in [-0.3, -0.25) is 4.98 Å². The van der Waals surface area contributed by atoms with Crippen molar-refractivity contribution in [2.75, 3.05) is 0 Å². The second kappa shape index (κ2) is 6.68. The fourth-order valence-corrected chi connectivity index (χ4v) is 8.74. The van der Waals surface area contributed by atoms with E-state index in [1.54, 1.807) is 5.57 Å². The Balaban J connectivity index is 1.32. The van der Waals surface area contributed by atoms with Crippen LogP contribution in [0.2, 0.25) is 0 Å². The van der Waals surface area contributed by atoms with Gasteiger partial charge in [0.15, 0.2) is 0 Å². The molecule has 0 amide bonds. The maximum absolute atomic E-state index is 4.37. The summed E-state index contributed by atoms with van der Waals surface area (Å²) in [5, 5.41) is 2.58. The van der Waals surface area contributed by atoms with Crippen LogP contribution in [-0.4, -0.2) is 4.98 Å². The van der Waals surface area contributed by atoms with Gasteiger partial charge in [-0.25, -0.2) is 0 Å². The van der Waals surface area contributed by atoms with Crippen LogP contribution in [0.15, 0.2) is 42.7 Å². The average molecular weight is 400 g/mol. The molecule has 0 bridgehead atoms. The van der Waals surface area contributed by atoms with E-state index in [1.807, 2.05) is 12.4 Å². The largest absolute Gasteiger partial charge is 0.264 e. The fourth-order valence-electron chi connectivity index (χ4n) is 8.74. The standard InChI is InChI=1S/C29H37N/c1-19-10-13-28(2)23(16-19)6-7-24-26-9-8-25(29(26,3)14-11-27(24)28)21-5-4-20-12-15-30-18-22(20)17-21/h4-5,8,12,15,17-19,23-24,26-27H,6-7,9-11,13-14,16H2,1-3H3/t19-,23-,24-,26-,27-,28-,29+/m0/s1. The summed E-state index contributed by atoms with van der Waals surface area (Å²) in [4.78, 5) is 4.37. The number of rotatable bonds is 1. The summed E-state index contributed by atoms with van der Waals surface area (Å²) in [6.07, 6.45) is 18.1. The molecule has 0 N–H and O–H groups in total. The number of fused-ring (bicyclic) bond motifs is 6. The second-order valence-electron chi connectivity index (χ2n) is 11.8. The van der Waals surface area contributed by atoms with Crippen molar-refractivity contribution in [2.24, 2.45) is 40.4 Å². The quantitative estimate of drug-likeness (QED) is 0.475. The fraction of sp³-hybridized carbons (Fsp3) is 0.621. The van der Waals surface area contributed by atoms with E-state index in [4.69, 9.17) is 0 Å². The third-order valence-electron chi connectivity index (χ3n) is 10.5. The van der Waals surface area contributed by atoms with Crippen molar-refractivity contribution in [3.05, 3.63) is 48.3 Å². The highest BCUT2D eigenvalue weighted by atomic mass is 14.6. The Kier molecular flexibility index (Phi) is 4.25. The zero-order valence-corrected chi connectivity index (χ0v) is 19.0. The summed E-state index contributed by atoms with van der Waals surface area (Å²) >= 11 is 0. The van der Waals surface area contributed by atoms with Gasteiger partial charge in [-0.1, -0.05) is 45.4 Å².